The fourth-order valence-electron chi connectivity index (χ4n) is 1.26. The summed E-state index contributed by atoms with van der Waals surface area (Å²) < 4.78 is 9.76. The lowest BCUT2D eigenvalue weighted by molar-refractivity contribution is -0.141. The van der Waals surface area contributed by atoms with Crippen molar-refractivity contribution in [3.63, 3.8) is 0 Å². The van der Waals surface area contributed by atoms with E-state index in [9.17, 15) is 4.79 Å². The Morgan fingerprint density at radius 2 is 2.27 bits per heavy atom. The molecule has 0 radical (unpaired) electrons. The van der Waals surface area contributed by atoms with Crippen molar-refractivity contribution in [1.29, 1.82) is 0 Å². The molecule has 11 heavy (non-hydrogen) atoms. The van der Waals surface area contributed by atoms with Gasteiger partial charge in [0.25, 0.3) is 0 Å². The summed E-state index contributed by atoms with van der Waals surface area (Å²) in [7, 11) is 1.41. The molecule has 1 rings (SSSR count). The lowest BCUT2D eigenvalue weighted by atomic mass is 10.0. The molecule has 0 amide bonds. The van der Waals surface area contributed by atoms with Gasteiger partial charge in [0.15, 0.2) is 0 Å². The normalized spacial score (nSPS) is 31.2. The summed E-state index contributed by atoms with van der Waals surface area (Å²) in [5, 5.41) is 0. The first-order valence-corrected chi connectivity index (χ1v) is 3.87. The standard InChI is InChI=1S/C8H14O3/c1-5(4-7(9)10-3)8-6(2)11-8/h5-6,8H,4H2,1-3H3. The van der Waals surface area contributed by atoms with E-state index in [-0.39, 0.29) is 18.0 Å². The Balaban J connectivity index is 2.21. The maximum Gasteiger partial charge on any atom is 0.305 e. The first-order valence-electron chi connectivity index (χ1n) is 3.87. The first kappa shape index (κ1) is 8.53. The molecule has 64 valence electrons. The molecule has 0 aromatic carbocycles. The molecule has 0 aromatic rings. The molecule has 3 atom stereocenters. The lowest BCUT2D eigenvalue weighted by Crippen LogP contribution is -2.12. The summed E-state index contributed by atoms with van der Waals surface area (Å²) in [6, 6.07) is 0. The number of carbonyl (C=O) groups is 1. The summed E-state index contributed by atoms with van der Waals surface area (Å²) >= 11 is 0. The van der Waals surface area contributed by atoms with Crippen molar-refractivity contribution < 1.29 is 14.3 Å². The van der Waals surface area contributed by atoms with Gasteiger partial charge in [0.1, 0.15) is 0 Å². The lowest BCUT2D eigenvalue weighted by Gasteiger charge is -2.04. The van der Waals surface area contributed by atoms with Crippen LogP contribution in [0.2, 0.25) is 0 Å². The van der Waals surface area contributed by atoms with Gasteiger partial charge >= 0.3 is 5.97 Å². The zero-order valence-corrected chi connectivity index (χ0v) is 7.16. The van der Waals surface area contributed by atoms with E-state index in [1.54, 1.807) is 0 Å². The van der Waals surface area contributed by atoms with Crippen LogP contribution in [-0.4, -0.2) is 25.3 Å². The van der Waals surface area contributed by atoms with E-state index in [2.05, 4.69) is 4.74 Å². The first-order chi connectivity index (χ1) is 5.15. The Morgan fingerprint density at radius 3 is 2.64 bits per heavy atom. The van der Waals surface area contributed by atoms with Gasteiger partial charge in [-0.3, -0.25) is 4.79 Å². The topological polar surface area (TPSA) is 38.8 Å². The molecular formula is C8H14O3. The van der Waals surface area contributed by atoms with Crippen LogP contribution in [-0.2, 0) is 14.3 Å². The van der Waals surface area contributed by atoms with E-state index in [0.29, 0.717) is 12.5 Å². The third-order valence-electron chi connectivity index (χ3n) is 2.03. The second-order valence-corrected chi connectivity index (χ2v) is 3.06. The summed E-state index contributed by atoms with van der Waals surface area (Å²) in [5.74, 6) is 0.137. The van der Waals surface area contributed by atoms with E-state index < -0.39 is 0 Å². The van der Waals surface area contributed by atoms with Crippen LogP contribution in [0.15, 0.2) is 0 Å². The molecule has 1 aliphatic rings. The molecule has 0 spiro atoms. The molecule has 1 fully saturated rings. The predicted molar refractivity (Wildman–Crippen MR) is 40.1 cm³/mol. The summed E-state index contributed by atoms with van der Waals surface area (Å²) in [6.45, 7) is 4.02. The number of carbonyl (C=O) groups excluding carboxylic acids is 1. The third kappa shape index (κ3) is 2.19. The van der Waals surface area contributed by atoms with Gasteiger partial charge in [-0.15, -0.1) is 0 Å². The van der Waals surface area contributed by atoms with Crippen LogP contribution in [0.4, 0.5) is 0 Å². The summed E-state index contributed by atoms with van der Waals surface area (Å²) in [4.78, 5) is 10.8. The van der Waals surface area contributed by atoms with Crippen LogP contribution in [0, 0.1) is 5.92 Å². The maximum atomic E-state index is 10.8. The molecule has 3 nitrogen and oxygen atoms in total. The third-order valence-corrected chi connectivity index (χ3v) is 2.03. The summed E-state index contributed by atoms with van der Waals surface area (Å²) in [5.41, 5.74) is 0. The van der Waals surface area contributed by atoms with Crippen molar-refractivity contribution in [3.05, 3.63) is 0 Å². The van der Waals surface area contributed by atoms with Crippen molar-refractivity contribution in [2.75, 3.05) is 7.11 Å². The van der Waals surface area contributed by atoms with Gasteiger partial charge in [0, 0.05) is 0 Å². The molecule has 0 aliphatic carbocycles. The Bertz CT molecular complexity index is 155. The van der Waals surface area contributed by atoms with Gasteiger partial charge < -0.3 is 9.47 Å². The van der Waals surface area contributed by atoms with Crippen molar-refractivity contribution >= 4 is 5.97 Å². The van der Waals surface area contributed by atoms with Crippen molar-refractivity contribution in [1.82, 2.24) is 0 Å². The van der Waals surface area contributed by atoms with Gasteiger partial charge in [-0.1, -0.05) is 6.92 Å². The van der Waals surface area contributed by atoms with E-state index in [0.717, 1.165) is 0 Å². The zero-order chi connectivity index (χ0) is 8.43. The van der Waals surface area contributed by atoms with E-state index >= 15 is 0 Å². The van der Waals surface area contributed by atoms with Crippen molar-refractivity contribution in [3.8, 4) is 0 Å². The monoisotopic (exact) mass is 158 g/mol. The molecule has 0 aromatic heterocycles. The largest absolute Gasteiger partial charge is 0.469 e. The number of rotatable bonds is 3. The van der Waals surface area contributed by atoms with Crippen LogP contribution < -0.4 is 0 Å². The van der Waals surface area contributed by atoms with Crippen LogP contribution in [0.1, 0.15) is 20.3 Å². The maximum absolute atomic E-state index is 10.8. The molecule has 3 unspecified atom stereocenters. The fraction of sp³-hybridized carbons (Fsp3) is 0.875. The number of ether oxygens (including phenoxy) is 2. The quantitative estimate of drug-likeness (QED) is 0.454. The molecular weight excluding hydrogens is 144 g/mol. The number of hydrogen-bond acceptors (Lipinski definition) is 3. The highest BCUT2D eigenvalue weighted by atomic mass is 16.6. The molecule has 0 N–H and O–H groups in total. The highest BCUT2D eigenvalue weighted by Crippen LogP contribution is 2.30. The van der Waals surface area contributed by atoms with Crippen LogP contribution in [0.5, 0.6) is 0 Å². The zero-order valence-electron chi connectivity index (χ0n) is 7.16. The molecule has 1 aliphatic heterocycles. The number of hydrogen-bond donors (Lipinski definition) is 0. The highest BCUT2D eigenvalue weighted by molar-refractivity contribution is 5.69. The Morgan fingerprint density at radius 1 is 1.73 bits per heavy atom. The summed E-state index contributed by atoms with van der Waals surface area (Å²) in [6.07, 6.45) is 1.06. The van der Waals surface area contributed by atoms with Gasteiger partial charge in [-0.05, 0) is 12.8 Å². The Kier molecular flexibility index (Phi) is 2.49. The smallest absolute Gasteiger partial charge is 0.305 e. The molecule has 3 heteroatoms. The number of epoxide rings is 1. The number of methoxy groups -OCH3 is 1. The minimum Gasteiger partial charge on any atom is -0.469 e. The molecule has 0 saturated carbocycles. The molecule has 1 saturated heterocycles. The SMILES string of the molecule is COC(=O)CC(C)C1OC1C. The van der Waals surface area contributed by atoms with Gasteiger partial charge in [-0.25, -0.2) is 0 Å². The average molecular weight is 158 g/mol. The van der Waals surface area contributed by atoms with Gasteiger partial charge in [0.2, 0.25) is 0 Å². The fourth-order valence-corrected chi connectivity index (χ4v) is 1.26. The van der Waals surface area contributed by atoms with Crippen LogP contribution in [0.3, 0.4) is 0 Å². The average Bonchev–Trinajstić information content (AvgIpc) is 2.66. The van der Waals surface area contributed by atoms with E-state index in [1.807, 2.05) is 13.8 Å². The van der Waals surface area contributed by atoms with Gasteiger partial charge in [0.05, 0.1) is 25.7 Å². The van der Waals surface area contributed by atoms with E-state index in [1.165, 1.54) is 7.11 Å². The Hall–Kier alpha value is -0.570. The second-order valence-electron chi connectivity index (χ2n) is 3.06. The van der Waals surface area contributed by atoms with E-state index in [4.69, 9.17) is 4.74 Å². The minimum atomic E-state index is -0.153. The van der Waals surface area contributed by atoms with Gasteiger partial charge in [-0.2, -0.15) is 0 Å². The number of esters is 1. The molecule has 1 heterocycles. The van der Waals surface area contributed by atoms with Crippen LogP contribution in [0.25, 0.3) is 0 Å². The second kappa shape index (κ2) is 3.22. The Labute approximate surface area is 66.7 Å². The highest BCUT2D eigenvalue weighted by Gasteiger charge is 2.39. The predicted octanol–water partition coefficient (Wildman–Crippen LogP) is 0.973. The minimum absolute atomic E-state index is 0.153. The molecule has 0 bridgehead atoms. The van der Waals surface area contributed by atoms with Crippen molar-refractivity contribution in [2.45, 2.75) is 32.5 Å². The van der Waals surface area contributed by atoms with Crippen molar-refractivity contribution in [2.24, 2.45) is 5.92 Å². The van der Waals surface area contributed by atoms with Crippen LogP contribution >= 0.6 is 0 Å².